The van der Waals surface area contributed by atoms with Crippen LogP contribution in [0.15, 0.2) is 34.3 Å². The van der Waals surface area contributed by atoms with Crippen molar-refractivity contribution in [2.24, 2.45) is 5.10 Å². The Balaban J connectivity index is 2.74. The monoisotopic (exact) mass is 497 g/mol. The summed E-state index contributed by atoms with van der Waals surface area (Å²) in [5.41, 5.74) is -3.82. The molecular formula is C22H31N3O8S. The van der Waals surface area contributed by atoms with E-state index in [4.69, 9.17) is 14.3 Å². The van der Waals surface area contributed by atoms with Crippen LogP contribution in [0.3, 0.4) is 0 Å². The molecule has 1 aliphatic heterocycles. The van der Waals surface area contributed by atoms with E-state index in [0.717, 1.165) is 11.3 Å². The highest BCUT2D eigenvalue weighted by Crippen LogP contribution is 2.39. The molecule has 0 N–H and O–H groups in total. The van der Waals surface area contributed by atoms with Crippen molar-refractivity contribution in [3.63, 3.8) is 0 Å². The van der Waals surface area contributed by atoms with Crippen molar-refractivity contribution in [1.82, 2.24) is 10.1 Å². The zero-order valence-electron chi connectivity index (χ0n) is 20.8. The molecule has 12 heteroatoms. The van der Waals surface area contributed by atoms with Crippen LogP contribution >= 0.6 is 0 Å². The lowest BCUT2D eigenvalue weighted by atomic mass is 9.85. The van der Waals surface area contributed by atoms with Crippen LogP contribution in [0.4, 0.5) is 9.59 Å². The Hall–Kier alpha value is -3.15. The number of benzene rings is 1. The normalized spacial score (nSPS) is 18.9. The summed E-state index contributed by atoms with van der Waals surface area (Å²) in [4.78, 5) is 44.7. The van der Waals surface area contributed by atoms with Crippen molar-refractivity contribution in [2.75, 3.05) is 13.3 Å². The average molecular weight is 498 g/mol. The Kier molecular flexibility index (Phi) is 7.09. The number of likely N-dealkylation sites (N-methyl/N-ethyl adjacent to an activating group) is 1. The molecule has 34 heavy (non-hydrogen) atoms. The van der Waals surface area contributed by atoms with E-state index < -0.39 is 44.7 Å². The molecule has 11 nitrogen and oxygen atoms in total. The van der Waals surface area contributed by atoms with Crippen LogP contribution in [0.2, 0.25) is 0 Å². The minimum absolute atomic E-state index is 0.00308. The molecule has 1 heterocycles. The van der Waals surface area contributed by atoms with Crippen molar-refractivity contribution in [1.29, 1.82) is 0 Å². The Morgan fingerprint density at radius 2 is 1.50 bits per heavy atom. The van der Waals surface area contributed by atoms with E-state index >= 15 is 0 Å². The fourth-order valence-electron chi connectivity index (χ4n) is 3.25. The van der Waals surface area contributed by atoms with Gasteiger partial charge in [-0.05, 0) is 66.2 Å². The molecule has 0 spiro atoms. The highest BCUT2D eigenvalue weighted by atomic mass is 32.2. The molecule has 1 aromatic carbocycles. The highest BCUT2D eigenvalue weighted by Gasteiger charge is 2.60. The average Bonchev–Trinajstić information content (AvgIpc) is 2.86. The number of hydroxylamine groups is 2. The molecule has 1 aliphatic rings. The summed E-state index contributed by atoms with van der Waals surface area (Å²) in [7, 11) is -2.16. The molecule has 1 atom stereocenters. The van der Waals surface area contributed by atoms with Crippen LogP contribution in [0.5, 0.6) is 0 Å². The maximum absolute atomic E-state index is 13.5. The van der Waals surface area contributed by atoms with Gasteiger partial charge in [-0.3, -0.25) is 9.63 Å². The molecule has 1 aromatic rings. The second-order valence-electron chi connectivity index (χ2n) is 9.85. The number of ether oxygens (including phenoxy) is 2. The summed E-state index contributed by atoms with van der Waals surface area (Å²) in [6.07, 6.45) is -1.36. The molecule has 0 aromatic heterocycles. The van der Waals surface area contributed by atoms with Gasteiger partial charge in [0.25, 0.3) is 5.91 Å². The fraction of sp³-hybridized carbons (Fsp3) is 0.545. The van der Waals surface area contributed by atoms with E-state index in [1.165, 1.54) is 38.2 Å². The van der Waals surface area contributed by atoms with Crippen molar-refractivity contribution < 1.29 is 37.1 Å². The van der Waals surface area contributed by atoms with Gasteiger partial charge in [-0.25, -0.2) is 23.0 Å². The van der Waals surface area contributed by atoms with Crippen LogP contribution < -0.4 is 0 Å². The van der Waals surface area contributed by atoms with Gasteiger partial charge >= 0.3 is 12.2 Å². The first-order valence-electron chi connectivity index (χ1n) is 10.4. The van der Waals surface area contributed by atoms with Crippen molar-refractivity contribution in [3.05, 3.63) is 29.8 Å². The third-order valence-electron chi connectivity index (χ3n) is 4.55. The van der Waals surface area contributed by atoms with Gasteiger partial charge in [0.2, 0.25) is 5.54 Å². The zero-order valence-corrected chi connectivity index (χ0v) is 21.6. The lowest BCUT2D eigenvalue weighted by Gasteiger charge is -2.38. The van der Waals surface area contributed by atoms with E-state index in [0.29, 0.717) is 5.06 Å². The van der Waals surface area contributed by atoms with Crippen molar-refractivity contribution in [2.45, 2.75) is 70.1 Å². The van der Waals surface area contributed by atoms with Gasteiger partial charge in [0.05, 0.1) is 10.6 Å². The largest absolute Gasteiger partial charge is 0.534 e. The number of hydrazone groups is 1. The second-order valence-corrected chi connectivity index (χ2v) is 11.9. The molecule has 0 saturated heterocycles. The first kappa shape index (κ1) is 27.1. The van der Waals surface area contributed by atoms with Crippen molar-refractivity contribution >= 4 is 33.7 Å². The van der Waals surface area contributed by atoms with Gasteiger partial charge in [-0.1, -0.05) is 12.1 Å². The van der Waals surface area contributed by atoms with E-state index in [1.54, 1.807) is 41.5 Å². The fourth-order valence-corrected chi connectivity index (χ4v) is 3.88. The molecular weight excluding hydrogens is 466 g/mol. The number of hydrogen-bond acceptors (Lipinski definition) is 9. The number of hydrogen-bond donors (Lipinski definition) is 0. The summed E-state index contributed by atoms with van der Waals surface area (Å²) in [5.74, 6) is -0.730. The van der Waals surface area contributed by atoms with Gasteiger partial charge in [0, 0.05) is 13.3 Å². The molecule has 0 radical (unpaired) electrons. The van der Waals surface area contributed by atoms with Gasteiger partial charge < -0.3 is 9.47 Å². The summed E-state index contributed by atoms with van der Waals surface area (Å²) < 4.78 is 34.5. The predicted molar refractivity (Wildman–Crippen MR) is 123 cm³/mol. The summed E-state index contributed by atoms with van der Waals surface area (Å²) in [5, 5.41) is 5.64. The minimum Gasteiger partial charge on any atom is -0.442 e. The van der Waals surface area contributed by atoms with Gasteiger partial charge in [0.15, 0.2) is 9.84 Å². The van der Waals surface area contributed by atoms with Crippen LogP contribution in [-0.2, 0) is 34.5 Å². The molecule has 0 fully saturated rings. The number of carbonyl (C=O) groups is 3. The number of carbonyl (C=O) groups excluding carboxylic acids is 3. The molecule has 2 rings (SSSR count). The maximum atomic E-state index is 13.5. The molecule has 0 bridgehead atoms. The predicted octanol–water partition coefficient (Wildman–Crippen LogP) is 3.24. The Morgan fingerprint density at radius 3 is 1.88 bits per heavy atom. The van der Waals surface area contributed by atoms with E-state index in [2.05, 4.69) is 5.10 Å². The molecule has 0 aliphatic carbocycles. The highest BCUT2D eigenvalue weighted by molar-refractivity contribution is 7.90. The first-order valence-corrected chi connectivity index (χ1v) is 12.3. The van der Waals surface area contributed by atoms with Gasteiger partial charge in [-0.2, -0.15) is 5.10 Å². The topological polar surface area (TPSA) is 132 Å². The van der Waals surface area contributed by atoms with Crippen LogP contribution in [0.1, 0.15) is 54.0 Å². The van der Waals surface area contributed by atoms with E-state index in [1.807, 2.05) is 0 Å². The minimum atomic E-state index is -3.54. The lowest BCUT2D eigenvalue weighted by molar-refractivity contribution is -0.181. The molecule has 1 unspecified atom stereocenters. The standard InChI is InChI=1S/C22H31N3O8S/c1-14-22(17(26)24(8)23-14,15-10-12-16(13-11-15)34(9,29)30)25(18(27)31-20(2,3)4)33-19(28)32-21(5,6)7/h10-13H,1-9H3. The Bertz CT molecular complexity index is 1110. The summed E-state index contributed by atoms with van der Waals surface area (Å²) in [6.45, 7) is 11.1. The summed E-state index contributed by atoms with van der Waals surface area (Å²) >= 11 is 0. The maximum Gasteiger partial charge on any atom is 0.534 e. The lowest BCUT2D eigenvalue weighted by Crippen LogP contribution is -2.59. The van der Waals surface area contributed by atoms with Gasteiger partial charge in [0.1, 0.15) is 11.2 Å². The van der Waals surface area contributed by atoms with Crippen LogP contribution in [-0.4, -0.2) is 66.9 Å². The number of rotatable bonds is 3. The second kappa shape index (κ2) is 8.90. The molecule has 0 saturated carbocycles. The molecule has 2 amide bonds. The van der Waals surface area contributed by atoms with Crippen LogP contribution in [0, 0.1) is 0 Å². The smallest absolute Gasteiger partial charge is 0.442 e. The van der Waals surface area contributed by atoms with Gasteiger partial charge in [-0.15, -0.1) is 5.06 Å². The Labute approximate surface area is 199 Å². The number of nitrogens with zero attached hydrogens (tertiary/aromatic N) is 3. The molecule has 188 valence electrons. The third-order valence-corrected chi connectivity index (χ3v) is 5.68. The summed E-state index contributed by atoms with van der Waals surface area (Å²) in [6, 6.07) is 5.27. The SMILES string of the molecule is CC1=NN(C)C(=O)C1(c1ccc(S(C)(=O)=O)cc1)N(OC(=O)OC(C)(C)C)C(=O)OC(C)(C)C. The van der Waals surface area contributed by atoms with Crippen molar-refractivity contribution in [3.8, 4) is 0 Å². The third kappa shape index (κ3) is 5.66. The van der Waals surface area contributed by atoms with Crippen LogP contribution in [0.25, 0.3) is 0 Å². The van der Waals surface area contributed by atoms with E-state index in [-0.39, 0.29) is 16.2 Å². The number of sulfone groups is 1. The van der Waals surface area contributed by atoms with E-state index in [9.17, 15) is 22.8 Å². The quantitative estimate of drug-likeness (QED) is 0.459. The first-order chi connectivity index (χ1) is 15.3. The zero-order chi connectivity index (χ0) is 26.3. The Morgan fingerprint density at radius 1 is 1.00 bits per heavy atom. The number of amides is 2.